The van der Waals surface area contributed by atoms with Gasteiger partial charge in [-0.05, 0) is 44.0 Å². The topological polar surface area (TPSA) is 75.7 Å². The lowest BCUT2D eigenvalue weighted by Crippen LogP contribution is -2.36. The van der Waals surface area contributed by atoms with Crippen LogP contribution in [0.25, 0.3) is 0 Å². The van der Waals surface area contributed by atoms with Crippen LogP contribution in [0.3, 0.4) is 0 Å². The van der Waals surface area contributed by atoms with E-state index in [1.54, 1.807) is 4.90 Å². The van der Waals surface area contributed by atoms with Crippen molar-refractivity contribution in [2.45, 2.75) is 51.2 Å². The van der Waals surface area contributed by atoms with Crippen LogP contribution in [0.2, 0.25) is 0 Å². The zero-order valence-electron chi connectivity index (χ0n) is 14.7. The number of carbonyl (C=O) groups is 3. The van der Waals surface area contributed by atoms with Gasteiger partial charge in [-0.15, -0.1) is 0 Å². The lowest BCUT2D eigenvalue weighted by Gasteiger charge is -2.24. The largest absolute Gasteiger partial charge is 0.452 e. The first-order valence-corrected chi connectivity index (χ1v) is 9.00. The average molecular weight is 362 g/mol. The van der Waals surface area contributed by atoms with Crippen LogP contribution < -0.4 is 5.32 Å². The van der Waals surface area contributed by atoms with E-state index in [0.717, 1.165) is 25.7 Å². The summed E-state index contributed by atoms with van der Waals surface area (Å²) < 4.78 is 18.1. The highest BCUT2D eigenvalue weighted by Gasteiger charge is 2.40. The van der Waals surface area contributed by atoms with Gasteiger partial charge < -0.3 is 15.0 Å². The third-order valence-electron chi connectivity index (χ3n) is 5.03. The van der Waals surface area contributed by atoms with E-state index >= 15 is 0 Å². The van der Waals surface area contributed by atoms with Gasteiger partial charge in [0.2, 0.25) is 5.91 Å². The molecular weight excluding hydrogens is 339 g/mol. The maximum absolute atomic E-state index is 12.9. The standard InChI is InChI=1S/C19H23FN2O4/c1-12(18(24)21-15-8-6-14(20)7-9-15)26-19(25)13-10-17(23)22(11-13)16-4-2-3-5-16/h6-9,12-13,16H,2-5,10-11H2,1H3,(H,21,24)/t12-,13-/m0/s1. The Labute approximate surface area is 151 Å². The summed E-state index contributed by atoms with van der Waals surface area (Å²) in [5, 5.41) is 2.57. The van der Waals surface area contributed by atoms with E-state index in [1.165, 1.54) is 31.2 Å². The van der Waals surface area contributed by atoms with Crippen LogP contribution in [0, 0.1) is 11.7 Å². The number of nitrogens with zero attached hydrogens (tertiary/aromatic N) is 1. The fourth-order valence-electron chi connectivity index (χ4n) is 3.56. The molecule has 2 aliphatic rings. The van der Waals surface area contributed by atoms with E-state index in [9.17, 15) is 18.8 Å². The summed E-state index contributed by atoms with van der Waals surface area (Å²) in [5.74, 6) is -1.96. The molecule has 1 N–H and O–H groups in total. The fraction of sp³-hybridized carbons (Fsp3) is 0.526. The van der Waals surface area contributed by atoms with E-state index in [-0.39, 0.29) is 18.4 Å². The van der Waals surface area contributed by atoms with Gasteiger partial charge in [-0.3, -0.25) is 14.4 Å². The van der Waals surface area contributed by atoms with Crippen LogP contribution in [-0.4, -0.2) is 41.4 Å². The second kappa shape index (κ2) is 7.85. The summed E-state index contributed by atoms with van der Waals surface area (Å²) in [5.41, 5.74) is 0.419. The molecule has 6 nitrogen and oxygen atoms in total. The maximum Gasteiger partial charge on any atom is 0.312 e. The molecule has 0 spiro atoms. The van der Waals surface area contributed by atoms with Crippen molar-refractivity contribution in [2.24, 2.45) is 5.92 Å². The van der Waals surface area contributed by atoms with Crippen molar-refractivity contribution in [3.63, 3.8) is 0 Å². The molecule has 0 bridgehead atoms. The third-order valence-corrected chi connectivity index (χ3v) is 5.03. The molecule has 1 saturated carbocycles. The highest BCUT2D eigenvalue weighted by atomic mass is 19.1. The number of benzene rings is 1. The van der Waals surface area contributed by atoms with E-state index in [1.807, 2.05) is 0 Å². The molecule has 3 rings (SSSR count). The third kappa shape index (κ3) is 4.20. The van der Waals surface area contributed by atoms with Gasteiger partial charge in [-0.1, -0.05) is 12.8 Å². The van der Waals surface area contributed by atoms with Gasteiger partial charge in [0.15, 0.2) is 6.10 Å². The van der Waals surface area contributed by atoms with Crippen molar-refractivity contribution in [2.75, 3.05) is 11.9 Å². The zero-order chi connectivity index (χ0) is 18.7. The lowest BCUT2D eigenvalue weighted by molar-refractivity contribution is -0.157. The summed E-state index contributed by atoms with van der Waals surface area (Å²) in [7, 11) is 0. The van der Waals surface area contributed by atoms with Gasteiger partial charge >= 0.3 is 5.97 Å². The molecule has 0 radical (unpaired) electrons. The number of likely N-dealkylation sites (tertiary alicyclic amines) is 1. The molecule has 0 unspecified atom stereocenters. The Bertz CT molecular complexity index is 685. The molecular formula is C19H23FN2O4. The summed E-state index contributed by atoms with van der Waals surface area (Å²) in [6.07, 6.45) is 3.35. The van der Waals surface area contributed by atoms with Gasteiger partial charge in [0.1, 0.15) is 5.82 Å². The summed E-state index contributed by atoms with van der Waals surface area (Å²) in [4.78, 5) is 38.4. The fourth-order valence-corrected chi connectivity index (χ4v) is 3.56. The number of carbonyl (C=O) groups excluding carboxylic acids is 3. The Balaban J connectivity index is 1.51. The molecule has 2 fully saturated rings. The molecule has 1 heterocycles. The minimum atomic E-state index is -0.997. The first-order valence-electron chi connectivity index (χ1n) is 9.00. The lowest BCUT2D eigenvalue weighted by atomic mass is 10.1. The first-order chi connectivity index (χ1) is 12.4. The molecule has 1 aliphatic heterocycles. The monoisotopic (exact) mass is 362 g/mol. The Hall–Kier alpha value is -2.44. The Morgan fingerprint density at radius 3 is 2.54 bits per heavy atom. The number of anilines is 1. The zero-order valence-corrected chi connectivity index (χ0v) is 14.7. The SMILES string of the molecule is C[C@H](OC(=O)[C@H]1CC(=O)N(C2CCCC2)C1)C(=O)Nc1ccc(F)cc1. The van der Waals surface area contributed by atoms with Crippen molar-refractivity contribution >= 4 is 23.5 Å². The quantitative estimate of drug-likeness (QED) is 0.817. The second-order valence-electron chi connectivity index (χ2n) is 6.96. The van der Waals surface area contributed by atoms with Crippen LogP contribution in [0.15, 0.2) is 24.3 Å². The van der Waals surface area contributed by atoms with Crippen LogP contribution in [0.4, 0.5) is 10.1 Å². The van der Waals surface area contributed by atoms with E-state index in [2.05, 4.69) is 5.32 Å². The molecule has 140 valence electrons. The number of hydrogen-bond acceptors (Lipinski definition) is 4. The predicted molar refractivity (Wildman–Crippen MR) is 92.7 cm³/mol. The van der Waals surface area contributed by atoms with Gasteiger partial charge in [0.05, 0.1) is 5.92 Å². The Morgan fingerprint density at radius 2 is 1.88 bits per heavy atom. The molecule has 2 atom stereocenters. The molecule has 1 saturated heterocycles. The van der Waals surface area contributed by atoms with Crippen molar-refractivity contribution in [1.82, 2.24) is 4.90 Å². The molecule has 1 aromatic rings. The first kappa shape index (κ1) is 18.4. The van der Waals surface area contributed by atoms with Gasteiger partial charge in [-0.2, -0.15) is 0 Å². The van der Waals surface area contributed by atoms with Crippen molar-refractivity contribution in [3.8, 4) is 0 Å². The average Bonchev–Trinajstić information content (AvgIpc) is 3.26. The van der Waals surface area contributed by atoms with Crippen molar-refractivity contribution in [3.05, 3.63) is 30.1 Å². The smallest absolute Gasteiger partial charge is 0.312 e. The molecule has 2 amide bonds. The molecule has 1 aromatic carbocycles. The van der Waals surface area contributed by atoms with Crippen LogP contribution in [0.5, 0.6) is 0 Å². The number of rotatable bonds is 5. The number of nitrogens with one attached hydrogen (secondary N) is 1. The van der Waals surface area contributed by atoms with E-state index in [4.69, 9.17) is 4.74 Å². The van der Waals surface area contributed by atoms with E-state index < -0.39 is 29.7 Å². The Morgan fingerprint density at radius 1 is 1.23 bits per heavy atom. The predicted octanol–water partition coefficient (Wildman–Crippen LogP) is 2.49. The van der Waals surface area contributed by atoms with E-state index in [0.29, 0.717) is 12.2 Å². The van der Waals surface area contributed by atoms with Crippen LogP contribution in [0.1, 0.15) is 39.0 Å². The van der Waals surface area contributed by atoms with Crippen molar-refractivity contribution in [1.29, 1.82) is 0 Å². The van der Waals surface area contributed by atoms with Gasteiger partial charge in [0, 0.05) is 24.7 Å². The molecule has 26 heavy (non-hydrogen) atoms. The summed E-state index contributed by atoms with van der Waals surface area (Å²) in [6.45, 7) is 1.84. The number of hydrogen-bond donors (Lipinski definition) is 1. The van der Waals surface area contributed by atoms with Crippen molar-refractivity contribution < 1.29 is 23.5 Å². The number of amides is 2. The molecule has 0 aromatic heterocycles. The van der Waals surface area contributed by atoms with Crippen LogP contribution >= 0.6 is 0 Å². The van der Waals surface area contributed by atoms with Gasteiger partial charge in [0.25, 0.3) is 5.91 Å². The van der Waals surface area contributed by atoms with Crippen LogP contribution in [-0.2, 0) is 19.1 Å². The number of ether oxygens (including phenoxy) is 1. The normalized spacial score (nSPS) is 21.7. The number of esters is 1. The molecule has 1 aliphatic carbocycles. The summed E-state index contributed by atoms with van der Waals surface area (Å²) >= 11 is 0. The van der Waals surface area contributed by atoms with Gasteiger partial charge in [-0.25, -0.2) is 4.39 Å². The summed E-state index contributed by atoms with van der Waals surface area (Å²) in [6, 6.07) is 5.55. The second-order valence-corrected chi connectivity index (χ2v) is 6.96. The highest BCUT2D eigenvalue weighted by molar-refractivity contribution is 5.95. The number of halogens is 1. The maximum atomic E-state index is 12.9. The minimum Gasteiger partial charge on any atom is -0.452 e. The molecule has 7 heteroatoms. The highest BCUT2D eigenvalue weighted by Crippen LogP contribution is 2.30. The minimum absolute atomic E-state index is 0.0118. The Kier molecular flexibility index (Phi) is 5.54.